The quantitative estimate of drug-likeness (QED) is 0.720. The Hall–Kier alpha value is -1.36. The third-order valence-electron chi connectivity index (χ3n) is 4.49. The van der Waals surface area contributed by atoms with E-state index in [4.69, 9.17) is 0 Å². The van der Waals surface area contributed by atoms with Crippen molar-refractivity contribution in [3.05, 3.63) is 11.4 Å². The number of aryl methyl sites for hydroxylation is 1. The second kappa shape index (κ2) is 7.59. The Morgan fingerprint density at radius 2 is 1.90 bits per heavy atom. The van der Waals surface area contributed by atoms with Gasteiger partial charge in [0.25, 0.3) is 0 Å². The third kappa shape index (κ3) is 3.84. The summed E-state index contributed by atoms with van der Waals surface area (Å²) in [5, 5.41) is 16.1. The van der Waals surface area contributed by atoms with Gasteiger partial charge in [-0.3, -0.25) is 0 Å². The van der Waals surface area contributed by atoms with Crippen molar-refractivity contribution in [3.63, 3.8) is 0 Å². The van der Waals surface area contributed by atoms with Crippen LogP contribution in [0.5, 0.6) is 0 Å². The summed E-state index contributed by atoms with van der Waals surface area (Å²) in [6.07, 6.45) is 5.51. The fraction of sp³-hybridized carbons (Fsp3) is 0.750. The summed E-state index contributed by atoms with van der Waals surface area (Å²) >= 11 is 0. The van der Waals surface area contributed by atoms with E-state index in [9.17, 15) is 5.11 Å². The molecule has 5 nitrogen and oxygen atoms in total. The number of nitrogens with zero attached hydrogens (tertiary/aromatic N) is 2. The van der Waals surface area contributed by atoms with Gasteiger partial charge in [0.1, 0.15) is 17.5 Å². The van der Waals surface area contributed by atoms with Gasteiger partial charge in [-0.05, 0) is 38.0 Å². The van der Waals surface area contributed by atoms with E-state index in [0.29, 0.717) is 18.4 Å². The summed E-state index contributed by atoms with van der Waals surface area (Å²) in [6, 6.07) is 0. The van der Waals surface area contributed by atoms with E-state index in [1.54, 1.807) is 0 Å². The van der Waals surface area contributed by atoms with Crippen molar-refractivity contribution in [2.24, 2.45) is 11.8 Å². The Balaban J connectivity index is 2.09. The smallest absolute Gasteiger partial charge is 0.134 e. The number of aliphatic hydroxyl groups excluding tert-OH is 1. The minimum absolute atomic E-state index is 0.304. The summed E-state index contributed by atoms with van der Waals surface area (Å²) in [7, 11) is 1.90. The Kier molecular flexibility index (Phi) is 5.79. The molecule has 1 aromatic heterocycles. The molecule has 0 aliphatic heterocycles. The molecule has 2 atom stereocenters. The first-order valence-electron chi connectivity index (χ1n) is 8.09. The van der Waals surface area contributed by atoms with E-state index >= 15 is 0 Å². The van der Waals surface area contributed by atoms with Gasteiger partial charge < -0.3 is 15.7 Å². The van der Waals surface area contributed by atoms with Crippen LogP contribution < -0.4 is 10.6 Å². The first-order chi connectivity index (χ1) is 10.2. The molecule has 0 aromatic carbocycles. The van der Waals surface area contributed by atoms with Crippen molar-refractivity contribution < 1.29 is 5.11 Å². The molecule has 0 amide bonds. The lowest BCUT2D eigenvalue weighted by molar-refractivity contribution is 0.199. The minimum atomic E-state index is 0.304. The number of anilines is 2. The van der Waals surface area contributed by atoms with Crippen molar-refractivity contribution in [2.75, 3.05) is 30.8 Å². The van der Waals surface area contributed by atoms with Gasteiger partial charge in [0.15, 0.2) is 0 Å². The summed E-state index contributed by atoms with van der Waals surface area (Å²) in [5.41, 5.74) is 1.07. The maximum Gasteiger partial charge on any atom is 0.134 e. The van der Waals surface area contributed by atoms with Crippen LogP contribution in [0.3, 0.4) is 0 Å². The largest absolute Gasteiger partial charge is 0.396 e. The maximum atomic E-state index is 9.42. The van der Waals surface area contributed by atoms with Crippen LogP contribution in [-0.2, 0) is 6.42 Å². The Labute approximate surface area is 127 Å². The van der Waals surface area contributed by atoms with E-state index in [0.717, 1.165) is 48.8 Å². The van der Waals surface area contributed by atoms with E-state index in [-0.39, 0.29) is 0 Å². The van der Waals surface area contributed by atoms with Gasteiger partial charge in [-0.15, -0.1) is 0 Å². The molecule has 2 unspecified atom stereocenters. The lowest BCUT2D eigenvalue weighted by Crippen LogP contribution is -2.22. The van der Waals surface area contributed by atoms with Gasteiger partial charge in [0, 0.05) is 32.2 Å². The average molecular weight is 292 g/mol. The van der Waals surface area contributed by atoms with E-state index in [1.165, 1.54) is 12.8 Å². The van der Waals surface area contributed by atoms with Crippen LogP contribution in [0, 0.1) is 18.8 Å². The zero-order valence-electron chi connectivity index (χ0n) is 13.4. The molecule has 0 bridgehead atoms. The number of hydrogen-bond donors (Lipinski definition) is 3. The van der Waals surface area contributed by atoms with Crippen LogP contribution in [-0.4, -0.2) is 35.3 Å². The summed E-state index contributed by atoms with van der Waals surface area (Å²) < 4.78 is 0. The fourth-order valence-corrected chi connectivity index (χ4v) is 3.16. The highest BCUT2D eigenvalue weighted by Crippen LogP contribution is 2.31. The SMILES string of the molecule is CCCc1nc(NC)c(C)c(NCC2CCCC2CO)n1. The van der Waals surface area contributed by atoms with Crippen LogP contribution in [0.25, 0.3) is 0 Å². The van der Waals surface area contributed by atoms with Crippen molar-refractivity contribution >= 4 is 11.6 Å². The zero-order valence-corrected chi connectivity index (χ0v) is 13.4. The predicted octanol–water partition coefficient (Wildman–Crippen LogP) is 2.60. The second-order valence-corrected chi connectivity index (χ2v) is 5.98. The van der Waals surface area contributed by atoms with Gasteiger partial charge in [0.05, 0.1) is 0 Å². The molecule has 5 heteroatoms. The van der Waals surface area contributed by atoms with Gasteiger partial charge >= 0.3 is 0 Å². The number of hydrogen-bond acceptors (Lipinski definition) is 5. The first-order valence-corrected chi connectivity index (χ1v) is 8.09. The molecule has 2 rings (SSSR count). The molecule has 3 N–H and O–H groups in total. The van der Waals surface area contributed by atoms with Crippen LogP contribution >= 0.6 is 0 Å². The predicted molar refractivity (Wildman–Crippen MR) is 86.7 cm³/mol. The van der Waals surface area contributed by atoms with E-state index in [2.05, 4.69) is 27.5 Å². The normalized spacial score (nSPS) is 21.5. The van der Waals surface area contributed by atoms with Gasteiger partial charge in [0.2, 0.25) is 0 Å². The standard InChI is InChI=1S/C16H28N4O/c1-4-6-14-19-15(17-3)11(2)16(20-14)18-9-12-7-5-8-13(12)10-21/h12-13,21H,4-10H2,1-3H3,(H2,17,18,19,20). The molecule has 1 aliphatic rings. The maximum absolute atomic E-state index is 9.42. The lowest BCUT2D eigenvalue weighted by Gasteiger charge is -2.20. The molecule has 0 spiro atoms. The molecule has 21 heavy (non-hydrogen) atoms. The highest BCUT2D eigenvalue weighted by atomic mass is 16.3. The van der Waals surface area contributed by atoms with Crippen LogP contribution in [0.4, 0.5) is 11.6 Å². The molecule has 1 heterocycles. The number of aromatic nitrogens is 2. The third-order valence-corrected chi connectivity index (χ3v) is 4.49. The van der Waals surface area contributed by atoms with Crippen LogP contribution in [0.15, 0.2) is 0 Å². The van der Waals surface area contributed by atoms with Crippen LogP contribution in [0.2, 0.25) is 0 Å². The average Bonchev–Trinajstić information content (AvgIpc) is 2.95. The lowest BCUT2D eigenvalue weighted by atomic mass is 9.97. The molecule has 0 saturated heterocycles. The van der Waals surface area contributed by atoms with Crippen molar-refractivity contribution in [1.29, 1.82) is 0 Å². The minimum Gasteiger partial charge on any atom is -0.396 e. The molecule has 1 saturated carbocycles. The molecule has 1 aliphatic carbocycles. The second-order valence-electron chi connectivity index (χ2n) is 5.98. The number of rotatable bonds is 7. The topological polar surface area (TPSA) is 70.1 Å². The van der Waals surface area contributed by atoms with Gasteiger partial charge in [-0.25, -0.2) is 9.97 Å². The molecular formula is C16H28N4O. The summed E-state index contributed by atoms with van der Waals surface area (Å²) in [6.45, 7) is 5.37. The monoisotopic (exact) mass is 292 g/mol. The van der Waals surface area contributed by atoms with Crippen LogP contribution in [0.1, 0.15) is 44.0 Å². The summed E-state index contributed by atoms with van der Waals surface area (Å²) in [5.74, 6) is 3.72. The van der Waals surface area contributed by atoms with Gasteiger partial charge in [-0.2, -0.15) is 0 Å². The zero-order chi connectivity index (χ0) is 15.2. The molecule has 1 aromatic rings. The molecule has 0 radical (unpaired) electrons. The fourth-order valence-electron chi connectivity index (χ4n) is 3.16. The number of aliphatic hydroxyl groups is 1. The molecule has 1 fully saturated rings. The van der Waals surface area contributed by atoms with E-state index in [1.807, 2.05) is 14.0 Å². The van der Waals surface area contributed by atoms with E-state index < -0.39 is 0 Å². The Bertz CT molecular complexity index is 464. The Morgan fingerprint density at radius 3 is 2.57 bits per heavy atom. The molecular weight excluding hydrogens is 264 g/mol. The number of nitrogens with one attached hydrogen (secondary N) is 2. The van der Waals surface area contributed by atoms with Gasteiger partial charge in [-0.1, -0.05) is 13.3 Å². The summed E-state index contributed by atoms with van der Waals surface area (Å²) in [4.78, 5) is 9.21. The molecule has 118 valence electrons. The highest BCUT2D eigenvalue weighted by molar-refractivity contribution is 5.57. The highest BCUT2D eigenvalue weighted by Gasteiger charge is 2.26. The van der Waals surface area contributed by atoms with Crippen molar-refractivity contribution in [1.82, 2.24) is 9.97 Å². The van der Waals surface area contributed by atoms with Crippen molar-refractivity contribution in [2.45, 2.75) is 46.0 Å². The van der Waals surface area contributed by atoms with Crippen molar-refractivity contribution in [3.8, 4) is 0 Å². The first kappa shape index (κ1) is 16.0. The Morgan fingerprint density at radius 1 is 1.19 bits per heavy atom.